The van der Waals surface area contributed by atoms with Crippen molar-refractivity contribution in [3.05, 3.63) is 38.4 Å². The SMILES string of the molecule is CCCC1(NC(=O)c2csc3c2CCN(Cc2c(C)noc2C)C3)CC1. The first-order valence-electron chi connectivity index (χ1n) is 9.57. The molecule has 0 unspecified atom stereocenters. The highest BCUT2D eigenvalue weighted by Gasteiger charge is 2.43. The first kappa shape index (κ1) is 17.7. The van der Waals surface area contributed by atoms with Crippen molar-refractivity contribution in [2.24, 2.45) is 0 Å². The van der Waals surface area contributed by atoms with Gasteiger partial charge in [-0.25, -0.2) is 0 Å². The molecule has 2 aromatic rings. The third kappa shape index (κ3) is 3.32. The van der Waals surface area contributed by atoms with Gasteiger partial charge in [0.05, 0.1) is 11.3 Å². The van der Waals surface area contributed by atoms with E-state index in [4.69, 9.17) is 4.52 Å². The quantitative estimate of drug-likeness (QED) is 0.832. The summed E-state index contributed by atoms with van der Waals surface area (Å²) in [7, 11) is 0. The van der Waals surface area contributed by atoms with Gasteiger partial charge in [0.2, 0.25) is 0 Å². The second-order valence-corrected chi connectivity index (χ2v) is 8.76. The normalized spacial score (nSPS) is 18.6. The lowest BCUT2D eigenvalue weighted by molar-refractivity contribution is 0.0927. The summed E-state index contributed by atoms with van der Waals surface area (Å²) in [5.41, 5.74) is 4.42. The largest absolute Gasteiger partial charge is 0.361 e. The van der Waals surface area contributed by atoms with E-state index in [9.17, 15) is 4.79 Å². The van der Waals surface area contributed by atoms with E-state index in [1.807, 2.05) is 13.8 Å². The molecular weight excluding hydrogens is 346 g/mol. The second-order valence-electron chi connectivity index (χ2n) is 7.80. The number of carbonyl (C=O) groups is 1. The third-order valence-corrected chi connectivity index (χ3v) is 6.81. The molecule has 0 radical (unpaired) electrons. The minimum atomic E-state index is 0.0880. The van der Waals surface area contributed by atoms with Gasteiger partial charge in [0.15, 0.2) is 0 Å². The molecule has 3 heterocycles. The molecule has 1 saturated carbocycles. The maximum absolute atomic E-state index is 12.8. The predicted molar refractivity (Wildman–Crippen MR) is 102 cm³/mol. The molecular formula is C20H27N3O2S. The molecule has 6 heteroatoms. The predicted octanol–water partition coefficient (Wildman–Crippen LogP) is 3.97. The van der Waals surface area contributed by atoms with E-state index in [1.165, 1.54) is 16.0 Å². The Hall–Kier alpha value is -1.66. The van der Waals surface area contributed by atoms with Crippen LogP contribution < -0.4 is 5.32 Å². The van der Waals surface area contributed by atoms with E-state index in [0.717, 1.165) is 68.8 Å². The Morgan fingerprint density at radius 3 is 2.88 bits per heavy atom. The summed E-state index contributed by atoms with van der Waals surface area (Å²) in [4.78, 5) is 16.5. The molecule has 0 saturated heterocycles. The summed E-state index contributed by atoms with van der Waals surface area (Å²) in [6, 6.07) is 0. The summed E-state index contributed by atoms with van der Waals surface area (Å²) in [6.45, 7) is 8.89. The Morgan fingerprint density at radius 1 is 1.42 bits per heavy atom. The standard InChI is InChI=1S/C20H27N3O2S/c1-4-6-20(7-8-20)21-19(24)17-12-26-18-11-23(9-5-15(17)18)10-16-13(2)22-25-14(16)3/h12H,4-11H2,1-3H3,(H,21,24). The highest BCUT2D eigenvalue weighted by atomic mass is 32.1. The van der Waals surface area contributed by atoms with Gasteiger partial charge in [-0.05, 0) is 45.1 Å². The number of carbonyl (C=O) groups excluding carboxylic acids is 1. The summed E-state index contributed by atoms with van der Waals surface area (Å²) in [5, 5.41) is 9.43. The highest BCUT2D eigenvalue weighted by molar-refractivity contribution is 7.10. The van der Waals surface area contributed by atoms with Crippen LogP contribution in [0, 0.1) is 13.8 Å². The zero-order chi connectivity index (χ0) is 18.3. The molecule has 1 aliphatic heterocycles. The van der Waals surface area contributed by atoms with Crippen molar-refractivity contribution >= 4 is 17.2 Å². The molecule has 1 aliphatic carbocycles. The summed E-state index contributed by atoms with van der Waals surface area (Å²) in [5.74, 6) is 1.04. The van der Waals surface area contributed by atoms with Gasteiger partial charge in [-0.1, -0.05) is 18.5 Å². The molecule has 0 atom stereocenters. The molecule has 1 fully saturated rings. The summed E-state index contributed by atoms with van der Waals surface area (Å²) in [6.07, 6.45) is 5.41. The van der Waals surface area contributed by atoms with E-state index in [1.54, 1.807) is 11.3 Å². The van der Waals surface area contributed by atoms with Crippen LogP contribution in [0.2, 0.25) is 0 Å². The van der Waals surface area contributed by atoms with Crippen LogP contribution >= 0.6 is 11.3 Å². The summed E-state index contributed by atoms with van der Waals surface area (Å²) < 4.78 is 5.29. The number of aryl methyl sites for hydroxylation is 2. The average molecular weight is 374 g/mol. The smallest absolute Gasteiger partial charge is 0.252 e. The fourth-order valence-electron chi connectivity index (χ4n) is 4.03. The van der Waals surface area contributed by atoms with Crippen molar-refractivity contribution in [1.29, 1.82) is 0 Å². The van der Waals surface area contributed by atoms with Crippen LogP contribution in [-0.2, 0) is 19.5 Å². The topological polar surface area (TPSA) is 58.4 Å². The zero-order valence-corrected chi connectivity index (χ0v) is 16.7. The zero-order valence-electron chi connectivity index (χ0n) is 15.9. The Morgan fingerprint density at radius 2 is 2.23 bits per heavy atom. The van der Waals surface area contributed by atoms with Crippen LogP contribution in [0.25, 0.3) is 0 Å². The number of rotatable bonds is 6. The van der Waals surface area contributed by atoms with Gasteiger partial charge >= 0.3 is 0 Å². The highest BCUT2D eigenvalue weighted by Crippen LogP contribution is 2.40. The van der Waals surface area contributed by atoms with Crippen LogP contribution in [0.4, 0.5) is 0 Å². The van der Waals surface area contributed by atoms with Crippen LogP contribution in [0.1, 0.15) is 70.4 Å². The number of fused-ring (bicyclic) bond motifs is 1. The van der Waals surface area contributed by atoms with E-state index in [0.29, 0.717) is 0 Å². The molecule has 26 heavy (non-hydrogen) atoms. The first-order valence-corrected chi connectivity index (χ1v) is 10.4. The Labute approximate surface area is 158 Å². The fraction of sp³-hybridized carbons (Fsp3) is 0.600. The lowest BCUT2D eigenvalue weighted by Crippen LogP contribution is -2.37. The number of nitrogens with one attached hydrogen (secondary N) is 1. The second kappa shape index (κ2) is 6.82. The molecule has 1 N–H and O–H groups in total. The monoisotopic (exact) mass is 373 g/mol. The van der Waals surface area contributed by atoms with E-state index in [2.05, 4.69) is 27.7 Å². The van der Waals surface area contributed by atoms with Crippen molar-refractivity contribution in [3.8, 4) is 0 Å². The maximum Gasteiger partial charge on any atom is 0.252 e. The molecule has 2 aliphatic rings. The third-order valence-electron chi connectivity index (χ3n) is 5.79. The van der Waals surface area contributed by atoms with Crippen molar-refractivity contribution < 1.29 is 9.32 Å². The average Bonchev–Trinajstić information content (AvgIpc) is 3.11. The van der Waals surface area contributed by atoms with Crippen LogP contribution in [-0.4, -0.2) is 28.0 Å². The van der Waals surface area contributed by atoms with Crippen molar-refractivity contribution in [2.75, 3.05) is 6.54 Å². The first-order chi connectivity index (χ1) is 12.5. The molecule has 140 valence electrons. The van der Waals surface area contributed by atoms with Gasteiger partial charge in [-0.3, -0.25) is 9.69 Å². The lowest BCUT2D eigenvalue weighted by Gasteiger charge is -2.27. The van der Waals surface area contributed by atoms with Crippen molar-refractivity contribution in [1.82, 2.24) is 15.4 Å². The lowest BCUT2D eigenvalue weighted by atomic mass is 10.0. The van der Waals surface area contributed by atoms with Gasteiger partial charge in [0.25, 0.3) is 5.91 Å². The number of amides is 1. The minimum Gasteiger partial charge on any atom is -0.361 e. The van der Waals surface area contributed by atoms with Gasteiger partial charge in [0, 0.05) is 41.0 Å². The maximum atomic E-state index is 12.8. The number of thiophene rings is 1. The van der Waals surface area contributed by atoms with Crippen LogP contribution in [0.5, 0.6) is 0 Å². The van der Waals surface area contributed by atoms with E-state index in [-0.39, 0.29) is 11.4 Å². The number of hydrogen-bond donors (Lipinski definition) is 1. The molecule has 2 aromatic heterocycles. The van der Waals surface area contributed by atoms with Gasteiger partial charge in [-0.15, -0.1) is 11.3 Å². The van der Waals surface area contributed by atoms with Crippen molar-refractivity contribution in [2.45, 2.75) is 71.5 Å². The van der Waals surface area contributed by atoms with Gasteiger partial charge < -0.3 is 9.84 Å². The fourth-order valence-corrected chi connectivity index (χ4v) is 5.15. The van der Waals surface area contributed by atoms with E-state index >= 15 is 0 Å². The molecule has 0 spiro atoms. The Bertz CT molecular complexity index is 800. The number of aromatic nitrogens is 1. The Balaban J connectivity index is 1.44. The number of hydrogen-bond acceptors (Lipinski definition) is 5. The van der Waals surface area contributed by atoms with Crippen LogP contribution in [0.3, 0.4) is 0 Å². The van der Waals surface area contributed by atoms with Gasteiger partial charge in [0.1, 0.15) is 5.76 Å². The van der Waals surface area contributed by atoms with Gasteiger partial charge in [-0.2, -0.15) is 0 Å². The van der Waals surface area contributed by atoms with Crippen LogP contribution in [0.15, 0.2) is 9.90 Å². The molecule has 0 aromatic carbocycles. The Kier molecular flexibility index (Phi) is 4.65. The molecule has 4 rings (SSSR count). The summed E-state index contributed by atoms with van der Waals surface area (Å²) >= 11 is 1.72. The molecule has 1 amide bonds. The van der Waals surface area contributed by atoms with E-state index < -0.39 is 0 Å². The number of nitrogens with zero attached hydrogens (tertiary/aromatic N) is 2. The molecule has 5 nitrogen and oxygen atoms in total. The van der Waals surface area contributed by atoms with Crippen molar-refractivity contribution in [3.63, 3.8) is 0 Å². The molecule has 0 bridgehead atoms. The minimum absolute atomic E-state index is 0.0880.